The van der Waals surface area contributed by atoms with Crippen LogP contribution in [0.4, 0.5) is 5.13 Å². The van der Waals surface area contributed by atoms with Crippen LogP contribution in [0.25, 0.3) is 0 Å². The number of nitrogens with zero attached hydrogens (tertiary/aromatic N) is 2. The quantitative estimate of drug-likeness (QED) is 0.723. The van der Waals surface area contributed by atoms with Crippen molar-refractivity contribution in [1.82, 2.24) is 4.98 Å². The summed E-state index contributed by atoms with van der Waals surface area (Å²) < 4.78 is 5.24. The van der Waals surface area contributed by atoms with E-state index in [1.807, 2.05) is 0 Å². The molecule has 2 rings (SSSR count). The van der Waals surface area contributed by atoms with Gasteiger partial charge < -0.3 is 9.64 Å². The van der Waals surface area contributed by atoms with Crippen LogP contribution in [0.2, 0.25) is 0 Å². The maximum Gasteiger partial charge on any atom is 0.186 e. The lowest BCUT2D eigenvalue weighted by Gasteiger charge is -2.29. The number of hydrogen-bond acceptors (Lipinski definition) is 5. The van der Waals surface area contributed by atoms with Crippen LogP contribution in [-0.4, -0.2) is 37.6 Å². The van der Waals surface area contributed by atoms with Gasteiger partial charge in [0.2, 0.25) is 0 Å². The molecule has 1 unspecified atom stereocenters. The van der Waals surface area contributed by atoms with E-state index in [0.29, 0.717) is 12.6 Å². The fourth-order valence-corrected chi connectivity index (χ4v) is 3.76. The van der Waals surface area contributed by atoms with Crippen molar-refractivity contribution < 1.29 is 9.53 Å². The molecule has 1 atom stereocenters. The lowest BCUT2D eigenvalue weighted by Crippen LogP contribution is -2.37. The fourth-order valence-electron chi connectivity index (χ4n) is 2.56. The summed E-state index contributed by atoms with van der Waals surface area (Å²) in [7, 11) is 1.72. The summed E-state index contributed by atoms with van der Waals surface area (Å²) in [6, 6.07) is 0.457. The number of hydrogen-bond donors (Lipinski definition) is 0. The van der Waals surface area contributed by atoms with E-state index in [9.17, 15) is 4.79 Å². The van der Waals surface area contributed by atoms with E-state index in [2.05, 4.69) is 32.6 Å². The van der Waals surface area contributed by atoms with Gasteiger partial charge in [-0.2, -0.15) is 0 Å². The number of methoxy groups -OCH3 is 1. The molecule has 1 saturated carbocycles. The van der Waals surface area contributed by atoms with Crippen LogP contribution in [0.15, 0.2) is 0 Å². The smallest absolute Gasteiger partial charge is 0.186 e. The van der Waals surface area contributed by atoms with Gasteiger partial charge >= 0.3 is 0 Å². The van der Waals surface area contributed by atoms with Crippen LogP contribution >= 0.6 is 11.3 Å². The number of aldehydes is 1. The summed E-state index contributed by atoms with van der Waals surface area (Å²) in [6.45, 7) is 10.1. The van der Waals surface area contributed by atoms with Crippen LogP contribution in [0, 0.1) is 5.92 Å². The molecule has 0 aliphatic heterocycles. The van der Waals surface area contributed by atoms with Crippen LogP contribution in [0.5, 0.6) is 0 Å². The van der Waals surface area contributed by atoms with Crippen molar-refractivity contribution in [3.8, 4) is 0 Å². The highest BCUT2D eigenvalue weighted by Gasteiger charge is 2.34. The first-order chi connectivity index (χ1) is 9.88. The van der Waals surface area contributed by atoms with Crippen LogP contribution in [-0.2, 0) is 10.2 Å². The van der Waals surface area contributed by atoms with Crippen molar-refractivity contribution in [2.45, 2.75) is 52.0 Å². The highest BCUT2D eigenvalue weighted by atomic mass is 32.1. The molecule has 5 heteroatoms. The summed E-state index contributed by atoms with van der Waals surface area (Å²) in [5.41, 5.74) is 0.795. The Hall–Kier alpha value is -0.940. The first kappa shape index (κ1) is 16.4. The molecule has 1 aliphatic carbocycles. The third-order valence-corrected chi connectivity index (χ3v) is 5.06. The maximum absolute atomic E-state index is 11.4. The summed E-state index contributed by atoms with van der Waals surface area (Å²) >= 11 is 1.51. The Morgan fingerprint density at radius 2 is 2.14 bits per heavy atom. The van der Waals surface area contributed by atoms with Crippen LogP contribution < -0.4 is 4.90 Å². The molecule has 0 aromatic carbocycles. The van der Waals surface area contributed by atoms with E-state index in [0.717, 1.165) is 34.5 Å². The van der Waals surface area contributed by atoms with Crippen molar-refractivity contribution in [3.63, 3.8) is 0 Å². The number of thiazole rings is 1. The van der Waals surface area contributed by atoms with Crippen molar-refractivity contribution in [2.24, 2.45) is 5.92 Å². The molecule has 1 aromatic heterocycles. The van der Waals surface area contributed by atoms with Gasteiger partial charge in [-0.15, -0.1) is 0 Å². The molecule has 21 heavy (non-hydrogen) atoms. The molecule has 1 heterocycles. The minimum absolute atomic E-state index is 0.110. The molecule has 1 aromatic rings. The van der Waals surface area contributed by atoms with E-state index < -0.39 is 0 Å². The van der Waals surface area contributed by atoms with Gasteiger partial charge in [-0.1, -0.05) is 32.1 Å². The van der Waals surface area contributed by atoms with Crippen molar-refractivity contribution in [2.75, 3.05) is 25.2 Å². The lowest BCUT2D eigenvalue weighted by atomic mass is 9.91. The van der Waals surface area contributed by atoms with Crippen LogP contribution in [0.1, 0.15) is 55.9 Å². The molecule has 0 amide bonds. The third kappa shape index (κ3) is 3.83. The Labute approximate surface area is 131 Å². The standard InChI is InChI=1S/C16H26N2O2S/c1-11(12-6-7-12)18(8-9-20-5)15-17-14(16(2,3)4)13(10-19)21-15/h10-12H,6-9H2,1-5H3. The van der Waals surface area contributed by atoms with Gasteiger partial charge in [-0.25, -0.2) is 4.98 Å². The predicted octanol–water partition coefficient (Wildman–Crippen LogP) is 3.50. The summed E-state index contributed by atoms with van der Waals surface area (Å²) in [5.74, 6) is 0.753. The number of aromatic nitrogens is 1. The van der Waals surface area contributed by atoms with Gasteiger partial charge in [0.25, 0.3) is 0 Å². The van der Waals surface area contributed by atoms with E-state index in [1.54, 1.807) is 7.11 Å². The molecule has 1 aliphatic rings. The molecule has 0 saturated heterocycles. The predicted molar refractivity (Wildman–Crippen MR) is 87.6 cm³/mol. The van der Waals surface area contributed by atoms with E-state index in [1.165, 1.54) is 24.2 Å². The molecule has 118 valence electrons. The second-order valence-corrected chi connectivity index (χ2v) is 7.85. The zero-order valence-corrected chi connectivity index (χ0v) is 14.5. The van der Waals surface area contributed by atoms with Crippen molar-refractivity contribution in [1.29, 1.82) is 0 Å². The average Bonchev–Trinajstić information content (AvgIpc) is 3.17. The third-order valence-electron chi connectivity index (χ3n) is 4.04. The Morgan fingerprint density at radius 3 is 2.57 bits per heavy atom. The molecule has 0 spiro atoms. The van der Waals surface area contributed by atoms with Crippen molar-refractivity contribution in [3.05, 3.63) is 10.6 Å². The van der Waals surface area contributed by atoms with Gasteiger partial charge in [-0.3, -0.25) is 4.79 Å². The first-order valence-electron chi connectivity index (χ1n) is 7.60. The molecule has 4 nitrogen and oxygen atoms in total. The van der Waals surface area contributed by atoms with Crippen molar-refractivity contribution >= 4 is 22.8 Å². The molecule has 0 bridgehead atoms. The Morgan fingerprint density at radius 1 is 1.48 bits per heavy atom. The fraction of sp³-hybridized carbons (Fsp3) is 0.750. The van der Waals surface area contributed by atoms with E-state index >= 15 is 0 Å². The normalized spacial score (nSPS) is 16.8. The number of anilines is 1. The minimum atomic E-state index is -0.110. The zero-order chi connectivity index (χ0) is 15.6. The van der Waals surface area contributed by atoms with Gasteiger partial charge in [-0.05, 0) is 25.7 Å². The summed E-state index contributed by atoms with van der Waals surface area (Å²) in [5, 5.41) is 0.957. The average molecular weight is 310 g/mol. The van der Waals surface area contributed by atoms with Gasteiger partial charge in [0.05, 0.1) is 17.2 Å². The number of ether oxygens (including phenoxy) is 1. The summed E-state index contributed by atoms with van der Waals surface area (Å²) in [6.07, 6.45) is 3.53. The SMILES string of the molecule is COCCN(c1nc(C(C)(C)C)c(C=O)s1)C(C)C1CC1. The number of rotatable bonds is 7. The van der Waals surface area contributed by atoms with Gasteiger partial charge in [0, 0.05) is 25.1 Å². The highest BCUT2D eigenvalue weighted by molar-refractivity contribution is 7.17. The summed E-state index contributed by atoms with van der Waals surface area (Å²) in [4.78, 5) is 19.2. The molecule has 1 fully saturated rings. The number of carbonyl (C=O) groups excluding carboxylic acids is 1. The number of carbonyl (C=O) groups is 1. The lowest BCUT2D eigenvalue weighted by molar-refractivity contribution is 0.112. The maximum atomic E-state index is 11.4. The largest absolute Gasteiger partial charge is 0.383 e. The zero-order valence-electron chi connectivity index (χ0n) is 13.7. The Balaban J connectivity index is 2.30. The second kappa shape index (κ2) is 6.44. The van der Waals surface area contributed by atoms with Crippen LogP contribution in [0.3, 0.4) is 0 Å². The minimum Gasteiger partial charge on any atom is -0.383 e. The highest BCUT2D eigenvalue weighted by Crippen LogP contribution is 2.39. The molecule has 0 N–H and O–H groups in total. The van der Waals surface area contributed by atoms with Gasteiger partial charge in [0.1, 0.15) is 0 Å². The monoisotopic (exact) mass is 310 g/mol. The van der Waals surface area contributed by atoms with Gasteiger partial charge in [0.15, 0.2) is 11.4 Å². The molecular weight excluding hydrogens is 284 g/mol. The molecule has 0 radical (unpaired) electrons. The molecular formula is C16H26N2O2S. The Bertz CT molecular complexity index is 489. The second-order valence-electron chi connectivity index (χ2n) is 6.84. The van der Waals surface area contributed by atoms with E-state index in [-0.39, 0.29) is 5.41 Å². The topological polar surface area (TPSA) is 42.4 Å². The van der Waals surface area contributed by atoms with E-state index in [4.69, 9.17) is 9.72 Å². The Kier molecular flexibility index (Phi) is 5.04. The first-order valence-corrected chi connectivity index (χ1v) is 8.42.